The lowest BCUT2D eigenvalue weighted by Crippen LogP contribution is -2.55. The molecule has 0 aromatic heterocycles. The van der Waals surface area contributed by atoms with Crippen LogP contribution in [-0.2, 0) is 16.9 Å². The van der Waals surface area contributed by atoms with Crippen molar-refractivity contribution >= 4 is 28.9 Å². The van der Waals surface area contributed by atoms with Crippen LogP contribution in [0, 0.1) is 20.2 Å². The summed E-state index contributed by atoms with van der Waals surface area (Å²) < 4.78 is 11.6. The number of benzene rings is 3. The molecule has 11 nitrogen and oxygen atoms in total. The van der Waals surface area contributed by atoms with Crippen molar-refractivity contribution in [3.8, 4) is 11.5 Å². The maximum absolute atomic E-state index is 13.6. The molecule has 3 aromatic carbocycles. The molecule has 1 spiro atoms. The van der Waals surface area contributed by atoms with Crippen LogP contribution in [0.15, 0.2) is 60.7 Å². The number of amides is 1. The van der Waals surface area contributed by atoms with Crippen molar-refractivity contribution in [2.75, 3.05) is 19.0 Å². The van der Waals surface area contributed by atoms with Crippen molar-refractivity contribution in [2.45, 2.75) is 43.0 Å². The minimum Gasteiger partial charge on any atom is -0.493 e. The average Bonchev–Trinajstić information content (AvgIpc) is 3.60. The van der Waals surface area contributed by atoms with Gasteiger partial charge >= 0.3 is 0 Å². The highest BCUT2D eigenvalue weighted by Crippen LogP contribution is 2.58. The first-order chi connectivity index (χ1) is 19.3. The van der Waals surface area contributed by atoms with E-state index in [1.54, 1.807) is 48.5 Å². The van der Waals surface area contributed by atoms with Crippen molar-refractivity contribution in [2.24, 2.45) is 0 Å². The molecule has 2 fully saturated rings. The normalized spacial score (nSPS) is 24.9. The van der Waals surface area contributed by atoms with Gasteiger partial charge in [-0.05, 0) is 54.3 Å². The molecule has 0 aliphatic carbocycles. The molecule has 0 unspecified atom stereocenters. The topological polar surface area (TPSA) is 137 Å². The van der Waals surface area contributed by atoms with Gasteiger partial charge in [-0.15, -0.1) is 0 Å². The molecule has 6 rings (SSSR count). The number of carbonyl (C=O) groups excluding carboxylic acids is 1. The van der Waals surface area contributed by atoms with E-state index in [-0.39, 0.29) is 39.9 Å². The minimum atomic E-state index is -1.43. The third-order valence-electron chi connectivity index (χ3n) is 8.26. The number of methoxy groups -OCH3 is 1. The highest BCUT2D eigenvalue weighted by molar-refractivity contribution is 6.32. The van der Waals surface area contributed by atoms with Gasteiger partial charge in [0, 0.05) is 40.9 Å². The van der Waals surface area contributed by atoms with Gasteiger partial charge in [-0.2, -0.15) is 0 Å². The third-order valence-corrected chi connectivity index (χ3v) is 8.54. The third kappa shape index (κ3) is 3.80. The van der Waals surface area contributed by atoms with Crippen molar-refractivity contribution < 1.29 is 24.1 Å². The molecule has 206 valence electrons. The number of nitro groups is 2. The second-order valence-electron chi connectivity index (χ2n) is 10.2. The van der Waals surface area contributed by atoms with E-state index in [9.17, 15) is 25.0 Å². The number of carbonyl (C=O) groups is 1. The molecule has 1 amide bonds. The van der Waals surface area contributed by atoms with Gasteiger partial charge in [0.15, 0.2) is 17.0 Å². The van der Waals surface area contributed by atoms with Crippen molar-refractivity contribution in [3.63, 3.8) is 0 Å². The molecule has 40 heavy (non-hydrogen) atoms. The zero-order valence-electron chi connectivity index (χ0n) is 21.4. The van der Waals surface area contributed by atoms with Crippen LogP contribution in [0.25, 0.3) is 0 Å². The Kier molecular flexibility index (Phi) is 6.35. The summed E-state index contributed by atoms with van der Waals surface area (Å²) in [6.07, 6.45) is 1.51. The molecule has 2 saturated heterocycles. The van der Waals surface area contributed by atoms with Crippen molar-refractivity contribution in [1.29, 1.82) is 0 Å². The number of anilines is 1. The molecule has 3 aliphatic rings. The van der Waals surface area contributed by atoms with E-state index >= 15 is 0 Å². The Hall–Kier alpha value is -4.22. The summed E-state index contributed by atoms with van der Waals surface area (Å²) in [6, 6.07) is 15.0. The minimum absolute atomic E-state index is 0.0297. The Morgan fingerprint density at radius 3 is 2.58 bits per heavy atom. The Morgan fingerprint density at radius 1 is 1.12 bits per heavy atom. The number of ether oxygens (including phenoxy) is 2. The number of nitrogens with one attached hydrogen (secondary N) is 1. The predicted octanol–water partition coefficient (Wildman–Crippen LogP) is 4.89. The predicted molar refractivity (Wildman–Crippen MR) is 145 cm³/mol. The smallest absolute Gasteiger partial charge is 0.269 e. The molecular weight excluding hydrogens is 540 g/mol. The summed E-state index contributed by atoms with van der Waals surface area (Å²) >= 11 is 6.70. The number of nitro benzene ring substituents is 1. The van der Waals surface area contributed by atoms with Gasteiger partial charge in [0.25, 0.3) is 17.6 Å². The molecule has 0 bridgehead atoms. The second kappa shape index (κ2) is 9.76. The lowest BCUT2D eigenvalue weighted by molar-refractivity contribution is -0.534. The first-order valence-corrected chi connectivity index (χ1v) is 13.2. The number of non-ortho nitro benzene ring substituents is 1. The van der Waals surface area contributed by atoms with Crippen LogP contribution in [-0.4, -0.2) is 46.4 Å². The van der Waals surface area contributed by atoms with Crippen LogP contribution in [0.3, 0.4) is 0 Å². The molecule has 1 N–H and O–H groups in total. The van der Waals surface area contributed by atoms with Crippen LogP contribution in [0.5, 0.6) is 11.5 Å². The Balaban J connectivity index is 1.38. The van der Waals surface area contributed by atoms with E-state index in [0.29, 0.717) is 41.1 Å². The van der Waals surface area contributed by atoms with E-state index in [0.717, 1.165) is 6.42 Å². The fraction of sp³-hybridized carbons (Fsp3) is 0.321. The number of hydrogen-bond donors (Lipinski definition) is 1. The summed E-state index contributed by atoms with van der Waals surface area (Å²) in [7, 11) is 1.46. The number of halogens is 1. The molecule has 3 heterocycles. The molecule has 3 aliphatic heterocycles. The first-order valence-electron chi connectivity index (χ1n) is 12.8. The number of para-hydroxylation sites is 1. The molecule has 0 radical (unpaired) electrons. The van der Waals surface area contributed by atoms with Crippen molar-refractivity contribution in [3.05, 3.63) is 103 Å². The Labute approximate surface area is 233 Å². The standard InChI is InChI=1S/C28H25ClN4O7/c1-39-23-14-17(13-20(29)25(23)40-15-16-8-10-18(11-9-16)32(35)36)24-22-7-4-12-31(22)28(26(24)33(37)38)19-5-2-3-6-21(19)30-27(28)34/h2-3,5-6,8-11,13-14,22,24,26H,4,7,12,15H2,1H3,(H,30,34)/t22-,24+,26-,28-/m0/s1. The van der Waals surface area contributed by atoms with E-state index in [2.05, 4.69) is 5.32 Å². The van der Waals surface area contributed by atoms with E-state index in [1.807, 2.05) is 4.90 Å². The van der Waals surface area contributed by atoms with Crippen LogP contribution in [0.2, 0.25) is 5.02 Å². The zero-order chi connectivity index (χ0) is 28.2. The summed E-state index contributed by atoms with van der Waals surface area (Å²) in [5, 5.41) is 26.9. The highest BCUT2D eigenvalue weighted by atomic mass is 35.5. The van der Waals surface area contributed by atoms with Gasteiger partial charge in [-0.25, -0.2) is 0 Å². The maximum atomic E-state index is 13.6. The van der Waals surface area contributed by atoms with Gasteiger partial charge in [0.1, 0.15) is 6.61 Å². The highest BCUT2D eigenvalue weighted by Gasteiger charge is 2.73. The van der Waals surface area contributed by atoms with Crippen LogP contribution in [0.1, 0.15) is 35.4 Å². The zero-order valence-corrected chi connectivity index (χ0v) is 22.2. The fourth-order valence-electron chi connectivity index (χ4n) is 6.72. The number of fused-ring (bicyclic) bond motifs is 4. The maximum Gasteiger partial charge on any atom is 0.269 e. The van der Waals surface area contributed by atoms with Crippen LogP contribution >= 0.6 is 11.6 Å². The number of hydrogen-bond acceptors (Lipinski definition) is 8. The lowest BCUT2D eigenvalue weighted by Gasteiger charge is -2.32. The molecular formula is C28H25ClN4O7. The van der Waals surface area contributed by atoms with E-state index in [4.69, 9.17) is 21.1 Å². The van der Waals surface area contributed by atoms with Gasteiger partial charge in [-0.3, -0.25) is 29.9 Å². The van der Waals surface area contributed by atoms with Gasteiger partial charge in [-0.1, -0.05) is 29.8 Å². The summed E-state index contributed by atoms with van der Waals surface area (Å²) in [5.74, 6) is -0.465. The Morgan fingerprint density at radius 2 is 1.88 bits per heavy atom. The van der Waals surface area contributed by atoms with Crippen molar-refractivity contribution in [1.82, 2.24) is 4.90 Å². The monoisotopic (exact) mass is 564 g/mol. The van der Waals surface area contributed by atoms with Gasteiger partial charge < -0.3 is 14.8 Å². The largest absolute Gasteiger partial charge is 0.493 e. The van der Waals surface area contributed by atoms with Gasteiger partial charge in [0.2, 0.25) is 0 Å². The summed E-state index contributed by atoms with van der Waals surface area (Å²) in [6.45, 7) is 0.638. The summed E-state index contributed by atoms with van der Waals surface area (Å²) in [5.41, 5.74) is 1.03. The Bertz CT molecular complexity index is 1530. The quantitative estimate of drug-likeness (QED) is 0.316. The fourth-order valence-corrected chi connectivity index (χ4v) is 6.99. The number of nitrogens with zero attached hydrogens (tertiary/aromatic N) is 3. The lowest BCUT2D eigenvalue weighted by atomic mass is 9.77. The van der Waals surface area contributed by atoms with Crippen LogP contribution < -0.4 is 14.8 Å². The number of rotatable bonds is 7. The molecule has 12 heteroatoms. The second-order valence-corrected chi connectivity index (χ2v) is 10.6. The summed E-state index contributed by atoms with van der Waals surface area (Å²) in [4.78, 5) is 38.6. The molecule has 0 saturated carbocycles. The van der Waals surface area contributed by atoms with Gasteiger partial charge in [0.05, 0.1) is 23.0 Å². The first kappa shape index (κ1) is 26.0. The average molecular weight is 565 g/mol. The van der Waals surface area contributed by atoms with Crippen LogP contribution in [0.4, 0.5) is 11.4 Å². The van der Waals surface area contributed by atoms with E-state index < -0.39 is 22.4 Å². The van der Waals surface area contributed by atoms with E-state index in [1.165, 1.54) is 19.2 Å². The molecule has 3 aromatic rings. The molecule has 4 atom stereocenters. The SMILES string of the molecule is COc1cc([C@H]2[C@H]([N+](=O)[O-])[C@@]3(C(=O)Nc4ccccc43)N3CCC[C@@H]23)cc(Cl)c1OCc1ccc([N+](=O)[O-])cc1.